The van der Waals surface area contributed by atoms with Gasteiger partial charge < -0.3 is 14.3 Å². The van der Waals surface area contributed by atoms with Crippen LogP contribution in [0.15, 0.2) is 59.0 Å². The van der Waals surface area contributed by atoms with Gasteiger partial charge in [0.05, 0.1) is 0 Å². The normalized spacial score (nSPS) is 10.4. The molecule has 0 aliphatic rings. The standard InChI is InChI=1S/C19H14ClNO5/c1-11(22)25-17-15(23)16(12-7-9-14(20)10-8-12)26-19(17)21-18(24)13-5-3-2-4-6-13/h2-10,23H,1H3,(H,21,24). The maximum absolute atomic E-state index is 12.3. The van der Waals surface area contributed by atoms with Gasteiger partial charge in [0.2, 0.25) is 17.4 Å². The van der Waals surface area contributed by atoms with Crippen LogP contribution in [0.4, 0.5) is 5.88 Å². The number of halogens is 1. The van der Waals surface area contributed by atoms with Crippen LogP contribution in [-0.4, -0.2) is 17.0 Å². The fourth-order valence-electron chi connectivity index (χ4n) is 2.29. The first-order chi connectivity index (χ1) is 12.5. The monoisotopic (exact) mass is 371 g/mol. The summed E-state index contributed by atoms with van der Waals surface area (Å²) in [7, 11) is 0. The maximum Gasteiger partial charge on any atom is 0.308 e. The van der Waals surface area contributed by atoms with Crippen LogP contribution in [-0.2, 0) is 4.79 Å². The smallest absolute Gasteiger partial charge is 0.308 e. The van der Waals surface area contributed by atoms with Gasteiger partial charge in [-0.3, -0.25) is 14.9 Å². The number of hydrogen-bond acceptors (Lipinski definition) is 5. The molecule has 0 bridgehead atoms. The summed E-state index contributed by atoms with van der Waals surface area (Å²) in [6.07, 6.45) is 0. The molecular weight excluding hydrogens is 358 g/mol. The van der Waals surface area contributed by atoms with E-state index in [2.05, 4.69) is 5.32 Å². The van der Waals surface area contributed by atoms with Gasteiger partial charge in [0.15, 0.2) is 5.76 Å². The molecule has 0 aliphatic heterocycles. The third-order valence-electron chi connectivity index (χ3n) is 3.46. The minimum atomic E-state index is -0.668. The van der Waals surface area contributed by atoms with Crippen LogP contribution >= 0.6 is 11.6 Å². The number of carbonyl (C=O) groups excluding carboxylic acids is 2. The highest BCUT2D eigenvalue weighted by molar-refractivity contribution is 6.30. The number of anilines is 1. The number of nitrogens with one attached hydrogen (secondary N) is 1. The van der Waals surface area contributed by atoms with Crippen molar-refractivity contribution in [3.8, 4) is 22.8 Å². The number of aromatic hydroxyl groups is 1. The quantitative estimate of drug-likeness (QED) is 0.660. The van der Waals surface area contributed by atoms with E-state index >= 15 is 0 Å². The molecule has 0 spiro atoms. The number of furan rings is 1. The number of benzene rings is 2. The summed E-state index contributed by atoms with van der Waals surface area (Å²) in [6.45, 7) is 1.18. The molecule has 3 aromatic rings. The Labute approximate surface area is 154 Å². The topological polar surface area (TPSA) is 88.8 Å². The van der Waals surface area contributed by atoms with Crippen molar-refractivity contribution in [1.29, 1.82) is 0 Å². The Morgan fingerprint density at radius 1 is 1.08 bits per heavy atom. The van der Waals surface area contributed by atoms with Crippen LogP contribution < -0.4 is 10.1 Å². The molecule has 6 nitrogen and oxygen atoms in total. The Hall–Kier alpha value is -3.25. The van der Waals surface area contributed by atoms with Gasteiger partial charge in [0, 0.05) is 23.1 Å². The number of esters is 1. The second-order valence-corrected chi connectivity index (χ2v) is 5.80. The van der Waals surface area contributed by atoms with Gasteiger partial charge in [-0.05, 0) is 36.4 Å². The largest absolute Gasteiger partial charge is 0.502 e. The molecule has 132 valence electrons. The second kappa shape index (κ2) is 7.33. The Kier molecular flexibility index (Phi) is 4.95. The Morgan fingerprint density at radius 3 is 2.35 bits per heavy atom. The minimum absolute atomic E-state index is 0.0429. The second-order valence-electron chi connectivity index (χ2n) is 5.36. The number of rotatable bonds is 4. The number of ether oxygens (including phenoxy) is 1. The SMILES string of the molecule is CC(=O)Oc1c(NC(=O)c2ccccc2)oc(-c2ccc(Cl)cc2)c1O. The molecule has 0 unspecified atom stereocenters. The molecule has 3 rings (SSSR count). The van der Waals surface area contributed by atoms with Crippen molar-refractivity contribution in [3.63, 3.8) is 0 Å². The Bertz CT molecular complexity index is 948. The van der Waals surface area contributed by atoms with E-state index in [4.69, 9.17) is 20.8 Å². The predicted molar refractivity (Wildman–Crippen MR) is 96.5 cm³/mol. The van der Waals surface area contributed by atoms with E-state index in [1.54, 1.807) is 54.6 Å². The number of hydrogen-bond donors (Lipinski definition) is 2. The first-order valence-corrected chi connectivity index (χ1v) is 8.00. The highest BCUT2D eigenvalue weighted by Crippen LogP contribution is 2.46. The van der Waals surface area contributed by atoms with Gasteiger partial charge in [-0.25, -0.2) is 0 Å². The van der Waals surface area contributed by atoms with E-state index in [9.17, 15) is 14.7 Å². The van der Waals surface area contributed by atoms with Gasteiger partial charge in [0.1, 0.15) is 0 Å². The minimum Gasteiger partial charge on any atom is -0.502 e. The molecule has 7 heteroatoms. The molecule has 0 radical (unpaired) electrons. The van der Waals surface area contributed by atoms with Crippen molar-refractivity contribution >= 4 is 29.4 Å². The van der Waals surface area contributed by atoms with E-state index in [1.165, 1.54) is 6.92 Å². The lowest BCUT2D eigenvalue weighted by molar-refractivity contribution is -0.132. The molecule has 26 heavy (non-hydrogen) atoms. The predicted octanol–water partition coefficient (Wildman–Crippen LogP) is 4.48. The molecule has 1 aromatic heterocycles. The Balaban J connectivity index is 2.00. The third-order valence-corrected chi connectivity index (χ3v) is 3.71. The van der Waals surface area contributed by atoms with Crippen molar-refractivity contribution < 1.29 is 23.8 Å². The van der Waals surface area contributed by atoms with E-state index in [0.29, 0.717) is 16.1 Å². The molecule has 0 atom stereocenters. The van der Waals surface area contributed by atoms with Crippen molar-refractivity contribution in [1.82, 2.24) is 0 Å². The summed E-state index contributed by atoms with van der Waals surface area (Å²) in [5, 5.41) is 13.4. The molecular formula is C19H14ClNO5. The maximum atomic E-state index is 12.3. The van der Waals surface area contributed by atoms with Crippen molar-refractivity contribution in [3.05, 3.63) is 65.2 Å². The van der Waals surface area contributed by atoms with E-state index in [0.717, 1.165) is 0 Å². The Morgan fingerprint density at radius 2 is 1.73 bits per heavy atom. The van der Waals surface area contributed by atoms with Crippen molar-refractivity contribution in [2.75, 3.05) is 5.32 Å². The van der Waals surface area contributed by atoms with Crippen LogP contribution in [0.2, 0.25) is 5.02 Å². The molecule has 0 saturated carbocycles. The molecule has 0 aliphatic carbocycles. The summed E-state index contributed by atoms with van der Waals surface area (Å²) in [6, 6.07) is 14.9. The van der Waals surface area contributed by atoms with Crippen LogP contribution in [0.25, 0.3) is 11.3 Å². The number of carbonyl (C=O) groups is 2. The summed E-state index contributed by atoms with van der Waals surface area (Å²) in [5.74, 6) is -1.93. The zero-order chi connectivity index (χ0) is 18.7. The van der Waals surface area contributed by atoms with E-state index < -0.39 is 17.6 Å². The van der Waals surface area contributed by atoms with Gasteiger partial charge in [-0.2, -0.15) is 0 Å². The van der Waals surface area contributed by atoms with E-state index in [-0.39, 0.29) is 17.4 Å². The molecule has 0 fully saturated rings. The van der Waals surface area contributed by atoms with Crippen molar-refractivity contribution in [2.45, 2.75) is 6.92 Å². The first-order valence-electron chi connectivity index (χ1n) is 7.62. The average molecular weight is 372 g/mol. The third kappa shape index (κ3) is 3.70. The van der Waals surface area contributed by atoms with Crippen LogP contribution in [0.3, 0.4) is 0 Å². The van der Waals surface area contributed by atoms with E-state index in [1.807, 2.05) is 0 Å². The molecule has 1 amide bonds. The van der Waals surface area contributed by atoms with Gasteiger partial charge in [-0.1, -0.05) is 29.8 Å². The summed E-state index contributed by atoms with van der Waals surface area (Å²) in [5.41, 5.74) is 0.880. The lowest BCUT2D eigenvalue weighted by atomic mass is 10.1. The lowest BCUT2D eigenvalue weighted by Gasteiger charge is -2.04. The van der Waals surface area contributed by atoms with Gasteiger partial charge in [-0.15, -0.1) is 0 Å². The van der Waals surface area contributed by atoms with Crippen LogP contribution in [0.5, 0.6) is 11.5 Å². The van der Waals surface area contributed by atoms with Gasteiger partial charge in [0.25, 0.3) is 5.91 Å². The molecule has 2 aromatic carbocycles. The summed E-state index contributed by atoms with van der Waals surface area (Å²) >= 11 is 5.86. The fourth-order valence-corrected chi connectivity index (χ4v) is 2.42. The van der Waals surface area contributed by atoms with Gasteiger partial charge >= 0.3 is 5.97 Å². The molecule has 1 heterocycles. The molecule has 0 saturated heterocycles. The average Bonchev–Trinajstić information content (AvgIpc) is 2.92. The van der Waals surface area contributed by atoms with Crippen LogP contribution in [0.1, 0.15) is 17.3 Å². The molecule has 2 N–H and O–H groups in total. The van der Waals surface area contributed by atoms with Crippen molar-refractivity contribution in [2.24, 2.45) is 0 Å². The zero-order valence-corrected chi connectivity index (χ0v) is 14.4. The summed E-state index contributed by atoms with van der Waals surface area (Å²) in [4.78, 5) is 23.7. The fraction of sp³-hybridized carbons (Fsp3) is 0.0526. The summed E-state index contributed by atoms with van der Waals surface area (Å²) < 4.78 is 10.6. The lowest BCUT2D eigenvalue weighted by Crippen LogP contribution is -2.12. The first kappa shape index (κ1) is 17.6. The highest BCUT2D eigenvalue weighted by atomic mass is 35.5. The highest BCUT2D eigenvalue weighted by Gasteiger charge is 2.25. The van der Waals surface area contributed by atoms with Crippen LogP contribution in [0, 0.1) is 0 Å². The zero-order valence-electron chi connectivity index (χ0n) is 13.7. The number of amides is 1.